The second-order valence-corrected chi connectivity index (χ2v) is 38.3. The van der Waals surface area contributed by atoms with Crippen LogP contribution in [0.15, 0.2) is 456 Å². The summed E-state index contributed by atoms with van der Waals surface area (Å²) in [5, 5.41) is 21.6. The molecule has 22 aromatic carbocycles. The van der Waals surface area contributed by atoms with Crippen LogP contribution in [-0.2, 0) is 10.8 Å². The van der Waals surface area contributed by atoms with Crippen molar-refractivity contribution in [3.63, 3.8) is 0 Å². The van der Waals surface area contributed by atoms with Gasteiger partial charge in [0.15, 0.2) is 0 Å². The summed E-state index contributed by atoms with van der Waals surface area (Å²) in [5.74, 6) is 0. The van der Waals surface area contributed by atoms with Crippen molar-refractivity contribution in [2.75, 3.05) is 0 Å². The molecule has 2 aliphatic carbocycles. The van der Waals surface area contributed by atoms with Gasteiger partial charge in [-0.2, -0.15) is 0 Å². The predicted molar refractivity (Wildman–Crippen MR) is 587 cm³/mol. The van der Waals surface area contributed by atoms with Crippen LogP contribution in [0.4, 0.5) is 0 Å². The molecule has 0 bridgehead atoms. The average molecular weight is 1800 g/mol. The molecular weight excluding hydrogens is 1710 g/mol. The predicted octanol–water partition coefficient (Wildman–Crippen LogP) is 33.4. The van der Waals surface area contributed by atoms with E-state index in [9.17, 15) is 0 Å². The Labute approximate surface area is 812 Å². The molecule has 2 aliphatic rings. The summed E-state index contributed by atoms with van der Waals surface area (Å²) in [7, 11) is 0. The van der Waals surface area contributed by atoms with Gasteiger partial charge in [-0.25, -0.2) is 0 Å². The number of benzene rings is 22. The summed E-state index contributed by atoms with van der Waals surface area (Å²) in [4.78, 5) is 28.4. The summed E-state index contributed by atoms with van der Waals surface area (Å²) >= 11 is 0. The number of fused-ring (bicyclic) bond motifs is 33. The van der Waals surface area contributed by atoms with Crippen LogP contribution in [0.3, 0.4) is 0 Å². The fourth-order valence-corrected chi connectivity index (χ4v) is 24.2. The molecule has 0 spiro atoms. The molecule has 141 heavy (non-hydrogen) atoms. The Morgan fingerprint density at radius 1 is 0.184 bits per heavy atom. The summed E-state index contributed by atoms with van der Waals surface area (Å²) in [6.45, 7) is 9.19. The molecule has 0 radical (unpaired) electrons. The number of nitrogens with zero attached hydrogens (tertiary/aromatic N) is 9. The smallest absolute Gasteiger partial charge is 0.0971 e. The van der Waals surface area contributed by atoms with Crippen LogP contribution in [0.1, 0.15) is 58.4 Å². The standard InChI is InChI=1S/C53H33N3.C43H29N3.C36H25N3/c1-3-13-36(14-4-1)53(37-15-5-2-6-16-37)47-32-35(34-24-27-45-46(31-34)39-17-7-8-20-44(39)51-52(45)55-30-29-54-51)23-26-40(47)41-28-25-38(33-48(41)53)56-49-21-11-9-18-42(49)43-19-10-12-22-50(43)56;1-43(2)37-24-27(26-16-19-35-36(23-26)29-9-3-4-12-34(29)41-42(35)45-22-21-44-41)15-18-30(37)31-20-17-28(25-38(31)43)46-39-13-7-5-10-32(39)33-11-6-8-14-40(33)46;1-22-20-34(39-32-13-7-5-10-26(32)27-11-6-8-14-33(27)39)23(2)19-30(22)24-15-16-29-31(21-24)25-9-3-4-12-28(25)35-36(29)38-18-17-37-35/h1-33H;3-25H,1-2H3;3-21H,1-2H3. The van der Waals surface area contributed by atoms with E-state index >= 15 is 0 Å². The van der Waals surface area contributed by atoms with E-state index in [-0.39, 0.29) is 5.41 Å². The molecule has 6 aromatic heterocycles. The van der Waals surface area contributed by atoms with E-state index in [1.807, 2.05) is 0 Å². The highest BCUT2D eigenvalue weighted by Gasteiger charge is 2.47. The van der Waals surface area contributed by atoms with Crippen molar-refractivity contribution < 1.29 is 0 Å². The molecular formula is C132H87N9. The SMILES string of the molecule is CC1(C)c2cc(-c3ccc4c(c3)c3ccccc3c3nccnc43)ccc2-c2ccc(-n3c4ccccc4c4ccccc43)cc21.Cc1cc(-n2c3ccccc3c3ccccc32)c(C)cc1-c1ccc2c(c1)c1ccccc1c1nccnc21.c1ccc(C2(c3ccccc3)c3cc(-c4ccc5c(c4)c4ccccc4c4nccnc54)ccc3-c3ccc(-n4c5ccccc5c5ccccc54)cc32)cc1. The van der Waals surface area contributed by atoms with Gasteiger partial charge in [-0.05, 0) is 249 Å². The highest BCUT2D eigenvalue weighted by molar-refractivity contribution is 6.27. The van der Waals surface area contributed by atoms with Gasteiger partial charge in [-0.1, -0.05) is 329 Å². The lowest BCUT2D eigenvalue weighted by atomic mass is 9.67. The van der Waals surface area contributed by atoms with Crippen LogP contribution in [0.5, 0.6) is 0 Å². The Kier molecular flexibility index (Phi) is 18.3. The van der Waals surface area contributed by atoms with Gasteiger partial charge in [-0.3, -0.25) is 29.9 Å². The summed E-state index contributed by atoms with van der Waals surface area (Å²) in [5.41, 5.74) is 38.7. The summed E-state index contributed by atoms with van der Waals surface area (Å²) in [6.07, 6.45) is 10.7. The molecule has 9 nitrogen and oxygen atoms in total. The topological polar surface area (TPSA) is 92.1 Å². The molecule has 0 fully saturated rings. The molecule has 6 heterocycles. The van der Waals surface area contributed by atoms with E-state index in [2.05, 4.69) is 465 Å². The van der Waals surface area contributed by atoms with Crippen LogP contribution in [0, 0.1) is 13.8 Å². The van der Waals surface area contributed by atoms with Crippen molar-refractivity contribution in [1.82, 2.24) is 43.6 Å². The maximum absolute atomic E-state index is 4.81. The van der Waals surface area contributed by atoms with Crippen molar-refractivity contribution >= 4 is 163 Å². The van der Waals surface area contributed by atoms with Crippen molar-refractivity contribution in [1.29, 1.82) is 0 Å². The minimum Gasteiger partial charge on any atom is -0.309 e. The normalized spacial score (nSPS) is 12.9. The van der Waals surface area contributed by atoms with E-state index in [0.717, 1.165) is 71.1 Å². The number of aryl methyl sites for hydroxylation is 2. The molecule has 0 unspecified atom stereocenters. The van der Waals surface area contributed by atoms with Gasteiger partial charge in [0.1, 0.15) is 0 Å². The van der Waals surface area contributed by atoms with E-state index in [4.69, 9.17) is 24.9 Å². The molecule has 0 aliphatic heterocycles. The van der Waals surface area contributed by atoms with Gasteiger partial charge in [0.2, 0.25) is 0 Å². The fourth-order valence-electron chi connectivity index (χ4n) is 24.2. The lowest BCUT2D eigenvalue weighted by Gasteiger charge is -2.34. The fraction of sp³-hybridized carbons (Fsp3) is 0.0455. The van der Waals surface area contributed by atoms with Gasteiger partial charge < -0.3 is 13.7 Å². The number of aromatic nitrogens is 9. The number of para-hydroxylation sites is 6. The van der Waals surface area contributed by atoms with Crippen molar-refractivity contribution in [3.8, 4) is 72.7 Å². The highest BCUT2D eigenvalue weighted by atomic mass is 15.0. The van der Waals surface area contributed by atoms with Gasteiger partial charge in [0.25, 0.3) is 0 Å². The van der Waals surface area contributed by atoms with E-state index in [1.54, 1.807) is 37.2 Å². The molecule has 0 N–H and O–H groups in total. The number of rotatable bonds is 8. The zero-order valence-corrected chi connectivity index (χ0v) is 77.8. The summed E-state index contributed by atoms with van der Waals surface area (Å²) in [6, 6.07) is 154. The van der Waals surface area contributed by atoms with Crippen LogP contribution in [0.25, 0.3) is 236 Å². The Bertz CT molecular complexity index is 9860. The van der Waals surface area contributed by atoms with Crippen molar-refractivity contribution in [3.05, 3.63) is 500 Å². The first kappa shape index (κ1) is 81.2. The molecule has 30 rings (SSSR count). The Morgan fingerprint density at radius 2 is 0.447 bits per heavy atom. The van der Waals surface area contributed by atoms with Crippen LogP contribution in [0.2, 0.25) is 0 Å². The second kappa shape index (κ2) is 31.7. The maximum Gasteiger partial charge on any atom is 0.0971 e. The molecule has 9 heteroatoms. The third kappa shape index (κ3) is 12.3. The molecule has 0 atom stereocenters. The lowest BCUT2D eigenvalue weighted by Crippen LogP contribution is -2.28. The Balaban J connectivity index is 0.000000105. The van der Waals surface area contributed by atoms with E-state index < -0.39 is 5.41 Å². The first-order chi connectivity index (χ1) is 69.5. The number of hydrogen-bond acceptors (Lipinski definition) is 6. The quantitative estimate of drug-likeness (QED) is 0.141. The van der Waals surface area contributed by atoms with Crippen molar-refractivity contribution in [2.24, 2.45) is 0 Å². The highest BCUT2D eigenvalue weighted by Crippen LogP contribution is 2.59. The van der Waals surface area contributed by atoms with Gasteiger partial charge in [-0.15, -0.1) is 0 Å². The van der Waals surface area contributed by atoms with E-state index in [0.29, 0.717) is 0 Å². The van der Waals surface area contributed by atoms with Crippen LogP contribution < -0.4 is 0 Å². The molecule has 0 saturated heterocycles. The first-order valence-electron chi connectivity index (χ1n) is 48.5. The van der Waals surface area contributed by atoms with Crippen LogP contribution >= 0.6 is 0 Å². The van der Waals surface area contributed by atoms with Crippen molar-refractivity contribution in [2.45, 2.75) is 38.5 Å². The zero-order valence-electron chi connectivity index (χ0n) is 77.8. The third-order valence-electron chi connectivity index (χ3n) is 30.5. The maximum atomic E-state index is 4.81. The Hall–Kier alpha value is -18.2. The van der Waals surface area contributed by atoms with Gasteiger partial charge >= 0.3 is 0 Å². The molecule has 0 saturated carbocycles. The number of hydrogen-bond donors (Lipinski definition) is 0. The third-order valence-corrected chi connectivity index (χ3v) is 30.5. The minimum absolute atomic E-state index is 0.148. The Morgan fingerprint density at radius 3 is 0.823 bits per heavy atom. The molecule has 660 valence electrons. The monoisotopic (exact) mass is 1800 g/mol. The largest absolute Gasteiger partial charge is 0.309 e. The average Bonchev–Trinajstić information content (AvgIpc) is 1.50. The minimum atomic E-state index is -0.562. The van der Waals surface area contributed by atoms with Crippen LogP contribution in [-0.4, -0.2) is 43.6 Å². The lowest BCUT2D eigenvalue weighted by molar-refractivity contribution is 0.660. The first-order valence-corrected chi connectivity index (χ1v) is 48.5. The zero-order chi connectivity index (χ0) is 93.5. The summed E-state index contributed by atoms with van der Waals surface area (Å²) < 4.78 is 7.27. The second-order valence-electron chi connectivity index (χ2n) is 38.3. The van der Waals surface area contributed by atoms with Gasteiger partial charge in [0.05, 0.1) is 71.6 Å². The molecule has 0 amide bonds. The molecule has 28 aromatic rings. The van der Waals surface area contributed by atoms with Gasteiger partial charge in [0, 0.05) is 124 Å². The van der Waals surface area contributed by atoms with E-state index in [1.165, 1.54) is 209 Å².